The van der Waals surface area contributed by atoms with E-state index in [1.54, 1.807) is 23.0 Å². The summed E-state index contributed by atoms with van der Waals surface area (Å²) in [5.74, 6) is -0.578. The average molecular weight is 319 g/mol. The van der Waals surface area contributed by atoms with Crippen LogP contribution < -0.4 is 4.74 Å². The fraction of sp³-hybridized carbons (Fsp3) is 0.250. The van der Waals surface area contributed by atoms with Crippen molar-refractivity contribution >= 4 is 10.9 Å². The molecule has 0 radical (unpaired) electrons. The summed E-state index contributed by atoms with van der Waals surface area (Å²) in [6.45, 7) is -2.92. The van der Waals surface area contributed by atoms with Crippen molar-refractivity contribution in [2.45, 2.75) is 25.5 Å². The molecule has 0 atom stereocenters. The van der Waals surface area contributed by atoms with Crippen molar-refractivity contribution in [1.29, 1.82) is 0 Å². The Morgan fingerprint density at radius 2 is 2.04 bits per heavy atom. The summed E-state index contributed by atoms with van der Waals surface area (Å²) in [4.78, 5) is 3.53. The van der Waals surface area contributed by atoms with Crippen LogP contribution in [0.4, 0.5) is 13.2 Å². The summed E-state index contributed by atoms with van der Waals surface area (Å²) in [5.41, 5.74) is 1.67. The molecule has 3 aromatic rings. The van der Waals surface area contributed by atoms with Gasteiger partial charge in [-0.05, 0) is 42.2 Å². The highest BCUT2D eigenvalue weighted by molar-refractivity contribution is 5.97. The number of rotatable bonds is 4. The number of ether oxygens (including phenoxy) is 1. The first kappa shape index (κ1) is 14.0. The molecule has 0 saturated heterocycles. The zero-order valence-electron chi connectivity index (χ0n) is 11.9. The molecule has 1 aliphatic rings. The molecule has 4 rings (SSSR count). The summed E-state index contributed by atoms with van der Waals surface area (Å²) >= 11 is 0. The van der Waals surface area contributed by atoms with E-state index in [0.29, 0.717) is 28.1 Å². The third-order valence-electron chi connectivity index (χ3n) is 3.83. The lowest BCUT2D eigenvalue weighted by Gasteiger charge is -2.08. The van der Waals surface area contributed by atoms with Gasteiger partial charge < -0.3 is 4.74 Å². The van der Waals surface area contributed by atoms with Gasteiger partial charge in [0.2, 0.25) is 5.95 Å². The summed E-state index contributed by atoms with van der Waals surface area (Å²) < 4.78 is 44.9. The first-order chi connectivity index (χ1) is 11.1. The lowest BCUT2D eigenvalue weighted by Crippen LogP contribution is -2.02. The van der Waals surface area contributed by atoms with E-state index in [1.807, 2.05) is 0 Å². The van der Waals surface area contributed by atoms with Crippen LogP contribution in [0, 0.1) is 5.95 Å². The van der Waals surface area contributed by atoms with Gasteiger partial charge in [0.1, 0.15) is 5.52 Å². The fourth-order valence-corrected chi connectivity index (χ4v) is 2.64. The zero-order chi connectivity index (χ0) is 16.0. The van der Waals surface area contributed by atoms with Gasteiger partial charge in [0.25, 0.3) is 0 Å². The molecule has 0 aliphatic heterocycles. The van der Waals surface area contributed by atoms with Crippen molar-refractivity contribution in [3.8, 4) is 16.9 Å². The van der Waals surface area contributed by atoms with Crippen molar-refractivity contribution in [3.63, 3.8) is 0 Å². The molecule has 0 N–H and O–H groups in total. The molecule has 7 heteroatoms. The summed E-state index contributed by atoms with van der Waals surface area (Å²) in [7, 11) is 0. The molecule has 1 saturated carbocycles. The lowest BCUT2D eigenvalue weighted by atomic mass is 10.0. The van der Waals surface area contributed by atoms with Crippen LogP contribution in [0.5, 0.6) is 5.75 Å². The molecule has 0 spiro atoms. The minimum Gasteiger partial charge on any atom is -0.432 e. The van der Waals surface area contributed by atoms with Gasteiger partial charge in [-0.1, -0.05) is 0 Å². The van der Waals surface area contributed by atoms with E-state index < -0.39 is 12.6 Å². The van der Waals surface area contributed by atoms with Gasteiger partial charge in [-0.3, -0.25) is 4.68 Å². The highest BCUT2D eigenvalue weighted by atomic mass is 19.3. The first-order valence-corrected chi connectivity index (χ1v) is 7.20. The number of halogens is 3. The third-order valence-corrected chi connectivity index (χ3v) is 3.83. The van der Waals surface area contributed by atoms with E-state index in [-0.39, 0.29) is 5.75 Å². The standard InChI is InChI=1S/C16H12F3N3O/c17-14-7-9(5-6-20-14)11-3-4-13(23-16(18)19)15-12(11)8-22(21-15)10-1-2-10/h3-8,10,16H,1-2H2. The summed E-state index contributed by atoms with van der Waals surface area (Å²) in [6, 6.07) is 6.33. The van der Waals surface area contributed by atoms with Gasteiger partial charge in [0.15, 0.2) is 5.75 Å². The maximum Gasteiger partial charge on any atom is 0.387 e. The van der Waals surface area contributed by atoms with Crippen LogP contribution >= 0.6 is 0 Å². The molecule has 1 aliphatic carbocycles. The number of hydrogen-bond acceptors (Lipinski definition) is 3. The predicted octanol–water partition coefficient (Wildman–Crippen LogP) is 4.17. The van der Waals surface area contributed by atoms with Crippen LogP contribution in [0.2, 0.25) is 0 Å². The maximum absolute atomic E-state index is 13.4. The van der Waals surface area contributed by atoms with Gasteiger partial charge in [-0.25, -0.2) is 4.98 Å². The molecule has 1 fully saturated rings. The van der Waals surface area contributed by atoms with Gasteiger partial charge in [0, 0.05) is 23.8 Å². The molecule has 0 bridgehead atoms. The maximum atomic E-state index is 13.4. The second-order valence-corrected chi connectivity index (χ2v) is 5.46. The average Bonchev–Trinajstić information content (AvgIpc) is 3.26. The van der Waals surface area contributed by atoms with Crippen LogP contribution in [0.3, 0.4) is 0 Å². The van der Waals surface area contributed by atoms with Gasteiger partial charge in [-0.2, -0.15) is 18.3 Å². The minimum atomic E-state index is -2.92. The van der Waals surface area contributed by atoms with E-state index in [4.69, 9.17) is 0 Å². The lowest BCUT2D eigenvalue weighted by molar-refractivity contribution is -0.0489. The van der Waals surface area contributed by atoms with Crippen molar-refractivity contribution in [1.82, 2.24) is 14.8 Å². The van der Waals surface area contributed by atoms with Crippen LogP contribution in [0.1, 0.15) is 18.9 Å². The molecular formula is C16H12F3N3O. The van der Waals surface area contributed by atoms with Crippen molar-refractivity contribution in [2.75, 3.05) is 0 Å². The third kappa shape index (κ3) is 2.62. The second kappa shape index (κ2) is 5.26. The second-order valence-electron chi connectivity index (χ2n) is 5.46. The van der Waals surface area contributed by atoms with Crippen LogP contribution in [0.25, 0.3) is 22.0 Å². The van der Waals surface area contributed by atoms with Crippen LogP contribution in [0.15, 0.2) is 36.7 Å². The predicted molar refractivity (Wildman–Crippen MR) is 77.8 cm³/mol. The number of aromatic nitrogens is 3. The van der Waals surface area contributed by atoms with Crippen molar-refractivity contribution in [2.24, 2.45) is 0 Å². The summed E-state index contributed by atoms with van der Waals surface area (Å²) in [6.07, 6.45) is 5.20. The quantitative estimate of drug-likeness (QED) is 0.678. The first-order valence-electron chi connectivity index (χ1n) is 7.20. The Hall–Kier alpha value is -2.57. The van der Waals surface area contributed by atoms with Gasteiger partial charge in [-0.15, -0.1) is 0 Å². The SMILES string of the molecule is Fc1cc(-c2ccc(OC(F)F)c3nn(C4CC4)cc23)ccn1. The summed E-state index contributed by atoms with van der Waals surface area (Å²) in [5, 5.41) is 5.04. The van der Waals surface area contributed by atoms with Gasteiger partial charge >= 0.3 is 6.61 Å². The molecule has 118 valence electrons. The van der Waals surface area contributed by atoms with E-state index in [2.05, 4.69) is 14.8 Å². The Morgan fingerprint density at radius 1 is 1.22 bits per heavy atom. The van der Waals surface area contributed by atoms with E-state index in [9.17, 15) is 13.2 Å². The number of benzene rings is 1. The molecule has 0 amide bonds. The van der Waals surface area contributed by atoms with E-state index >= 15 is 0 Å². The molecule has 1 aromatic carbocycles. The van der Waals surface area contributed by atoms with Crippen molar-refractivity contribution in [3.05, 3.63) is 42.6 Å². The molecule has 4 nitrogen and oxygen atoms in total. The number of nitrogens with zero attached hydrogens (tertiary/aromatic N) is 3. The topological polar surface area (TPSA) is 39.9 Å². The Bertz CT molecular complexity index is 874. The van der Waals surface area contributed by atoms with E-state index in [0.717, 1.165) is 12.8 Å². The highest BCUT2D eigenvalue weighted by Gasteiger charge is 2.26. The molecule has 23 heavy (non-hydrogen) atoms. The number of fused-ring (bicyclic) bond motifs is 1. The Kier molecular flexibility index (Phi) is 3.21. The largest absolute Gasteiger partial charge is 0.432 e. The molecule has 2 heterocycles. The smallest absolute Gasteiger partial charge is 0.387 e. The van der Waals surface area contributed by atoms with Gasteiger partial charge in [0.05, 0.1) is 6.04 Å². The Morgan fingerprint density at radius 3 is 2.74 bits per heavy atom. The number of hydrogen-bond donors (Lipinski definition) is 0. The number of alkyl halides is 2. The molecule has 2 aromatic heterocycles. The van der Waals surface area contributed by atoms with Crippen LogP contribution in [-0.4, -0.2) is 21.4 Å². The molecule has 0 unspecified atom stereocenters. The van der Waals surface area contributed by atoms with Crippen LogP contribution in [-0.2, 0) is 0 Å². The molecular weight excluding hydrogens is 307 g/mol. The van der Waals surface area contributed by atoms with Crippen molar-refractivity contribution < 1.29 is 17.9 Å². The Balaban J connectivity index is 1.91. The Labute approximate surface area is 129 Å². The fourth-order valence-electron chi connectivity index (χ4n) is 2.64. The monoisotopic (exact) mass is 319 g/mol. The normalized spacial score (nSPS) is 14.6. The van der Waals surface area contributed by atoms with E-state index in [1.165, 1.54) is 18.3 Å². The minimum absolute atomic E-state index is 0.0210. The number of pyridine rings is 1. The zero-order valence-corrected chi connectivity index (χ0v) is 11.9. The highest BCUT2D eigenvalue weighted by Crippen LogP contribution is 2.39.